The average molecular weight is 412 g/mol. The Hall–Kier alpha value is -2.80. The number of nitrogens with zero attached hydrogens (tertiary/aromatic N) is 2. The van der Waals surface area contributed by atoms with E-state index in [1.165, 1.54) is 18.2 Å². The van der Waals surface area contributed by atoms with Gasteiger partial charge in [-0.3, -0.25) is 4.79 Å². The zero-order valence-corrected chi connectivity index (χ0v) is 17.0. The Labute approximate surface area is 174 Å². The van der Waals surface area contributed by atoms with Gasteiger partial charge in [-0.05, 0) is 62.4 Å². The SMILES string of the molecule is CCN(C(=O)c1nc2cc(F)ccc2[nH]1)C1CCCC(NCc2cccc(F)c2)C1. The number of benzene rings is 2. The summed E-state index contributed by atoms with van der Waals surface area (Å²) in [4.78, 5) is 22.3. The van der Waals surface area contributed by atoms with Gasteiger partial charge in [0.05, 0.1) is 11.0 Å². The van der Waals surface area contributed by atoms with Gasteiger partial charge in [-0.25, -0.2) is 13.8 Å². The van der Waals surface area contributed by atoms with Crippen molar-refractivity contribution in [1.29, 1.82) is 0 Å². The summed E-state index contributed by atoms with van der Waals surface area (Å²) in [5, 5.41) is 3.51. The largest absolute Gasteiger partial charge is 0.334 e. The van der Waals surface area contributed by atoms with Crippen LogP contribution in [-0.4, -0.2) is 39.4 Å². The van der Waals surface area contributed by atoms with Gasteiger partial charge in [0.25, 0.3) is 5.91 Å². The molecule has 30 heavy (non-hydrogen) atoms. The van der Waals surface area contributed by atoms with E-state index in [9.17, 15) is 13.6 Å². The van der Waals surface area contributed by atoms with Crippen LogP contribution in [0.5, 0.6) is 0 Å². The van der Waals surface area contributed by atoms with Crippen LogP contribution >= 0.6 is 0 Å². The van der Waals surface area contributed by atoms with Crippen LogP contribution in [0.2, 0.25) is 0 Å². The van der Waals surface area contributed by atoms with E-state index in [1.807, 2.05) is 17.9 Å². The van der Waals surface area contributed by atoms with Crippen molar-refractivity contribution in [2.45, 2.75) is 51.2 Å². The van der Waals surface area contributed by atoms with Crippen molar-refractivity contribution in [3.8, 4) is 0 Å². The molecule has 0 saturated heterocycles. The third-order valence-electron chi connectivity index (χ3n) is 5.82. The second kappa shape index (κ2) is 8.92. The van der Waals surface area contributed by atoms with Crippen LogP contribution in [0.15, 0.2) is 42.5 Å². The maximum atomic E-state index is 13.4. The fourth-order valence-corrected chi connectivity index (χ4v) is 4.33. The molecule has 0 aliphatic heterocycles. The van der Waals surface area contributed by atoms with Crippen molar-refractivity contribution in [2.24, 2.45) is 0 Å². The zero-order valence-electron chi connectivity index (χ0n) is 17.0. The maximum Gasteiger partial charge on any atom is 0.289 e. The molecule has 1 heterocycles. The van der Waals surface area contributed by atoms with Crippen LogP contribution in [0.3, 0.4) is 0 Å². The molecule has 3 aromatic rings. The van der Waals surface area contributed by atoms with E-state index in [0.717, 1.165) is 31.2 Å². The second-order valence-corrected chi connectivity index (χ2v) is 7.87. The summed E-state index contributed by atoms with van der Waals surface area (Å²) in [5.41, 5.74) is 2.01. The Kier molecular flexibility index (Phi) is 6.08. The molecule has 2 N–H and O–H groups in total. The van der Waals surface area contributed by atoms with Crippen LogP contribution in [-0.2, 0) is 6.54 Å². The number of hydrogen-bond acceptors (Lipinski definition) is 3. The topological polar surface area (TPSA) is 61.0 Å². The zero-order chi connectivity index (χ0) is 21.1. The van der Waals surface area contributed by atoms with E-state index in [4.69, 9.17) is 0 Å². The highest BCUT2D eigenvalue weighted by Gasteiger charge is 2.30. The van der Waals surface area contributed by atoms with Crippen molar-refractivity contribution in [3.05, 3.63) is 65.5 Å². The third kappa shape index (κ3) is 4.51. The number of rotatable bonds is 6. The van der Waals surface area contributed by atoms with Gasteiger partial charge >= 0.3 is 0 Å². The Morgan fingerprint density at radius 3 is 2.83 bits per heavy atom. The Bertz CT molecular complexity index is 1030. The fourth-order valence-electron chi connectivity index (χ4n) is 4.33. The first-order valence-corrected chi connectivity index (χ1v) is 10.5. The summed E-state index contributed by atoms with van der Waals surface area (Å²) in [6, 6.07) is 11.2. The van der Waals surface area contributed by atoms with Gasteiger partial charge in [-0.15, -0.1) is 0 Å². The molecule has 5 nitrogen and oxygen atoms in total. The van der Waals surface area contributed by atoms with E-state index in [2.05, 4.69) is 15.3 Å². The molecular weight excluding hydrogens is 386 g/mol. The lowest BCUT2D eigenvalue weighted by atomic mass is 9.89. The van der Waals surface area contributed by atoms with Crippen LogP contribution in [0.4, 0.5) is 8.78 Å². The van der Waals surface area contributed by atoms with E-state index in [0.29, 0.717) is 24.1 Å². The lowest BCUT2D eigenvalue weighted by molar-refractivity contribution is 0.0617. The highest BCUT2D eigenvalue weighted by Crippen LogP contribution is 2.25. The van der Waals surface area contributed by atoms with E-state index >= 15 is 0 Å². The Morgan fingerprint density at radius 2 is 2.03 bits per heavy atom. The summed E-state index contributed by atoms with van der Waals surface area (Å²) in [5.74, 6) is -0.527. The monoisotopic (exact) mass is 412 g/mol. The number of H-pyrrole nitrogens is 1. The van der Waals surface area contributed by atoms with Gasteiger partial charge in [0.2, 0.25) is 0 Å². The van der Waals surface area contributed by atoms with E-state index < -0.39 is 0 Å². The molecular formula is C23H26F2N4O. The molecule has 1 aromatic heterocycles. The Morgan fingerprint density at radius 1 is 1.20 bits per heavy atom. The standard InChI is InChI=1S/C23H26F2N4O/c1-2-29(23(30)22-27-20-10-9-17(25)12-21(20)28-22)19-8-4-7-18(13-19)26-14-15-5-3-6-16(24)11-15/h3,5-6,9-12,18-19,26H,2,4,7-8,13-14H2,1H3,(H,27,28). The lowest BCUT2D eigenvalue weighted by Gasteiger charge is -2.37. The fraction of sp³-hybridized carbons (Fsp3) is 0.391. The highest BCUT2D eigenvalue weighted by atomic mass is 19.1. The van der Waals surface area contributed by atoms with Gasteiger partial charge < -0.3 is 15.2 Å². The maximum absolute atomic E-state index is 13.4. The van der Waals surface area contributed by atoms with Crippen molar-refractivity contribution in [1.82, 2.24) is 20.2 Å². The number of halogens is 2. The van der Waals surface area contributed by atoms with Crippen molar-refractivity contribution in [3.63, 3.8) is 0 Å². The molecule has 1 saturated carbocycles. The average Bonchev–Trinajstić information content (AvgIpc) is 3.16. The van der Waals surface area contributed by atoms with Gasteiger partial charge in [0.1, 0.15) is 11.6 Å². The number of amides is 1. The molecule has 158 valence electrons. The molecule has 1 amide bonds. The number of carbonyl (C=O) groups is 1. The first kappa shape index (κ1) is 20.5. The lowest BCUT2D eigenvalue weighted by Crippen LogP contribution is -2.47. The number of aromatic amines is 1. The van der Waals surface area contributed by atoms with Crippen molar-refractivity contribution >= 4 is 16.9 Å². The van der Waals surface area contributed by atoms with Gasteiger partial charge in [-0.1, -0.05) is 12.1 Å². The summed E-state index contributed by atoms with van der Waals surface area (Å²) in [7, 11) is 0. The minimum atomic E-state index is -0.375. The molecule has 7 heteroatoms. The molecule has 0 bridgehead atoms. The number of fused-ring (bicyclic) bond motifs is 1. The number of carbonyl (C=O) groups excluding carboxylic acids is 1. The molecule has 4 rings (SSSR count). The van der Waals surface area contributed by atoms with Crippen molar-refractivity contribution < 1.29 is 13.6 Å². The molecule has 2 unspecified atom stereocenters. The normalized spacial score (nSPS) is 19.2. The van der Waals surface area contributed by atoms with Gasteiger partial charge in [0, 0.05) is 31.2 Å². The summed E-state index contributed by atoms with van der Waals surface area (Å²) >= 11 is 0. The molecule has 0 spiro atoms. The first-order chi connectivity index (χ1) is 14.5. The minimum absolute atomic E-state index is 0.103. The second-order valence-electron chi connectivity index (χ2n) is 7.87. The molecule has 1 fully saturated rings. The number of imidazole rings is 1. The summed E-state index contributed by atoms with van der Waals surface area (Å²) in [6.07, 6.45) is 3.82. The van der Waals surface area contributed by atoms with E-state index in [1.54, 1.807) is 18.2 Å². The van der Waals surface area contributed by atoms with Crippen LogP contribution in [0.1, 0.15) is 48.8 Å². The first-order valence-electron chi connectivity index (χ1n) is 10.5. The molecule has 2 aromatic carbocycles. The molecule has 0 radical (unpaired) electrons. The van der Waals surface area contributed by atoms with E-state index in [-0.39, 0.29) is 35.4 Å². The number of aromatic nitrogens is 2. The Balaban J connectivity index is 1.43. The van der Waals surface area contributed by atoms with Crippen LogP contribution in [0, 0.1) is 11.6 Å². The molecule has 2 atom stereocenters. The predicted octanol–water partition coefficient (Wildman–Crippen LogP) is 4.40. The van der Waals surface area contributed by atoms with Crippen molar-refractivity contribution in [2.75, 3.05) is 6.54 Å². The number of nitrogens with one attached hydrogen (secondary N) is 2. The quantitative estimate of drug-likeness (QED) is 0.631. The van der Waals surface area contributed by atoms with Crippen LogP contribution < -0.4 is 5.32 Å². The minimum Gasteiger partial charge on any atom is -0.334 e. The predicted molar refractivity (Wildman–Crippen MR) is 112 cm³/mol. The van der Waals surface area contributed by atoms with Gasteiger partial charge in [-0.2, -0.15) is 0 Å². The molecule has 1 aliphatic carbocycles. The highest BCUT2D eigenvalue weighted by molar-refractivity contribution is 5.94. The molecule has 1 aliphatic rings. The van der Waals surface area contributed by atoms with Crippen LogP contribution in [0.25, 0.3) is 11.0 Å². The smallest absolute Gasteiger partial charge is 0.289 e. The third-order valence-corrected chi connectivity index (χ3v) is 5.82. The summed E-state index contributed by atoms with van der Waals surface area (Å²) < 4.78 is 26.8. The van der Waals surface area contributed by atoms with Gasteiger partial charge in [0.15, 0.2) is 5.82 Å². The number of hydrogen-bond donors (Lipinski definition) is 2. The summed E-state index contributed by atoms with van der Waals surface area (Å²) in [6.45, 7) is 3.14.